The molecule has 0 atom stereocenters. The van der Waals surface area contributed by atoms with Gasteiger partial charge in [0.2, 0.25) is 0 Å². The van der Waals surface area contributed by atoms with Gasteiger partial charge >= 0.3 is 6.09 Å². The Morgan fingerprint density at radius 3 is 2.72 bits per heavy atom. The van der Waals surface area contributed by atoms with Gasteiger partial charge in [-0.3, -0.25) is 10.3 Å². The monoisotopic (exact) mass is 244 g/mol. The first-order chi connectivity index (χ1) is 8.44. The molecule has 1 aromatic heterocycles. The highest BCUT2D eigenvalue weighted by molar-refractivity contribution is 5.89. The lowest BCUT2D eigenvalue weighted by atomic mass is 10.2. The van der Waals surface area contributed by atoms with Crippen molar-refractivity contribution in [3.05, 3.63) is 36.5 Å². The molecule has 94 valence electrons. The van der Waals surface area contributed by atoms with Gasteiger partial charge in [-0.1, -0.05) is 18.2 Å². The van der Waals surface area contributed by atoms with Crippen molar-refractivity contribution < 1.29 is 9.53 Å². The number of fused-ring (bicyclic) bond motifs is 1. The third kappa shape index (κ3) is 3.20. The Labute approximate surface area is 106 Å². The lowest BCUT2D eigenvalue weighted by Crippen LogP contribution is -2.27. The molecule has 4 nitrogen and oxygen atoms in total. The predicted octanol–water partition coefficient (Wildman–Crippen LogP) is 3.58. The smallest absolute Gasteiger partial charge is 0.412 e. The molecule has 2 aromatic rings. The summed E-state index contributed by atoms with van der Waals surface area (Å²) in [6.45, 7) is 5.47. The van der Waals surface area contributed by atoms with E-state index in [1.807, 2.05) is 51.1 Å². The zero-order valence-electron chi connectivity index (χ0n) is 10.7. The van der Waals surface area contributed by atoms with Crippen LogP contribution in [-0.2, 0) is 4.74 Å². The largest absolute Gasteiger partial charge is 0.444 e. The van der Waals surface area contributed by atoms with Crippen molar-refractivity contribution in [1.82, 2.24) is 4.98 Å². The SMILES string of the molecule is CC(C)(C)OC(=O)Nc1cnc2ccccc2c1. The number of carbonyl (C=O) groups excluding carboxylic acids is 1. The van der Waals surface area contributed by atoms with Crippen LogP contribution in [-0.4, -0.2) is 16.7 Å². The summed E-state index contributed by atoms with van der Waals surface area (Å²) in [5.74, 6) is 0. The van der Waals surface area contributed by atoms with Gasteiger partial charge in [0.05, 0.1) is 17.4 Å². The number of pyridine rings is 1. The van der Waals surface area contributed by atoms with Crippen molar-refractivity contribution in [1.29, 1.82) is 0 Å². The highest BCUT2D eigenvalue weighted by Crippen LogP contribution is 2.17. The van der Waals surface area contributed by atoms with Crippen molar-refractivity contribution in [3.8, 4) is 0 Å². The number of nitrogens with one attached hydrogen (secondary N) is 1. The second kappa shape index (κ2) is 4.64. The minimum Gasteiger partial charge on any atom is -0.444 e. The molecule has 2 rings (SSSR count). The van der Waals surface area contributed by atoms with Crippen LogP contribution in [0.5, 0.6) is 0 Å². The van der Waals surface area contributed by atoms with Crippen molar-refractivity contribution in [2.24, 2.45) is 0 Å². The van der Waals surface area contributed by atoms with Gasteiger partial charge in [-0.2, -0.15) is 0 Å². The Balaban J connectivity index is 2.15. The number of aromatic nitrogens is 1. The van der Waals surface area contributed by atoms with E-state index >= 15 is 0 Å². The van der Waals surface area contributed by atoms with Gasteiger partial charge < -0.3 is 4.74 Å². The Morgan fingerprint density at radius 2 is 2.00 bits per heavy atom. The van der Waals surface area contributed by atoms with E-state index in [1.165, 1.54) is 0 Å². The Bertz CT molecular complexity index is 573. The first-order valence-electron chi connectivity index (χ1n) is 5.79. The normalized spacial score (nSPS) is 11.3. The molecule has 0 aliphatic rings. The maximum atomic E-state index is 11.6. The maximum Gasteiger partial charge on any atom is 0.412 e. The van der Waals surface area contributed by atoms with Gasteiger partial charge in [-0.05, 0) is 32.9 Å². The van der Waals surface area contributed by atoms with Gasteiger partial charge in [-0.25, -0.2) is 4.79 Å². The molecule has 0 saturated carbocycles. The number of ether oxygens (including phenoxy) is 1. The fourth-order valence-corrected chi connectivity index (χ4v) is 1.56. The van der Waals surface area contributed by atoms with Crippen LogP contribution < -0.4 is 5.32 Å². The molecule has 0 unspecified atom stereocenters. The molecule has 1 heterocycles. The number of anilines is 1. The summed E-state index contributed by atoms with van der Waals surface area (Å²) in [6, 6.07) is 9.60. The lowest BCUT2D eigenvalue weighted by Gasteiger charge is -2.19. The van der Waals surface area contributed by atoms with Gasteiger partial charge in [0, 0.05) is 5.39 Å². The molecule has 0 aliphatic heterocycles. The number of carbonyl (C=O) groups is 1. The van der Waals surface area contributed by atoms with E-state index in [-0.39, 0.29) is 0 Å². The Kier molecular flexibility index (Phi) is 3.19. The summed E-state index contributed by atoms with van der Waals surface area (Å²) < 4.78 is 5.18. The third-order valence-corrected chi connectivity index (χ3v) is 2.24. The van der Waals surface area contributed by atoms with E-state index in [0.29, 0.717) is 5.69 Å². The van der Waals surface area contributed by atoms with Crippen LogP contribution in [0.2, 0.25) is 0 Å². The summed E-state index contributed by atoms with van der Waals surface area (Å²) in [4.78, 5) is 15.9. The molecule has 1 amide bonds. The number of hydrogen-bond donors (Lipinski definition) is 1. The van der Waals surface area contributed by atoms with E-state index in [4.69, 9.17) is 4.74 Å². The molecule has 0 fully saturated rings. The number of para-hydroxylation sites is 1. The van der Waals surface area contributed by atoms with Gasteiger partial charge in [0.15, 0.2) is 0 Å². The molecule has 0 saturated heterocycles. The highest BCUT2D eigenvalue weighted by atomic mass is 16.6. The van der Waals surface area contributed by atoms with Crippen LogP contribution in [0.1, 0.15) is 20.8 Å². The van der Waals surface area contributed by atoms with E-state index in [9.17, 15) is 4.79 Å². The van der Waals surface area contributed by atoms with Crippen LogP contribution in [0.15, 0.2) is 36.5 Å². The average Bonchev–Trinajstić information content (AvgIpc) is 2.26. The van der Waals surface area contributed by atoms with Crippen LogP contribution in [0, 0.1) is 0 Å². The first-order valence-corrected chi connectivity index (χ1v) is 5.79. The summed E-state index contributed by atoms with van der Waals surface area (Å²) in [5.41, 5.74) is 1.02. The average molecular weight is 244 g/mol. The van der Waals surface area contributed by atoms with E-state index in [1.54, 1.807) is 6.20 Å². The van der Waals surface area contributed by atoms with Crippen molar-refractivity contribution >= 4 is 22.7 Å². The topological polar surface area (TPSA) is 51.2 Å². The lowest BCUT2D eigenvalue weighted by molar-refractivity contribution is 0.0636. The van der Waals surface area contributed by atoms with Crippen LogP contribution in [0.4, 0.5) is 10.5 Å². The van der Waals surface area contributed by atoms with Crippen molar-refractivity contribution in [3.63, 3.8) is 0 Å². The number of hydrogen-bond acceptors (Lipinski definition) is 3. The molecule has 1 N–H and O–H groups in total. The number of rotatable bonds is 1. The van der Waals surface area contributed by atoms with E-state index in [0.717, 1.165) is 10.9 Å². The molecular formula is C14H16N2O2. The van der Waals surface area contributed by atoms with Crippen molar-refractivity contribution in [2.75, 3.05) is 5.32 Å². The zero-order valence-corrected chi connectivity index (χ0v) is 10.7. The molecule has 0 radical (unpaired) electrons. The second-order valence-corrected chi connectivity index (χ2v) is 5.04. The molecule has 4 heteroatoms. The first kappa shape index (κ1) is 12.4. The molecule has 1 aromatic carbocycles. The number of amides is 1. The minimum atomic E-state index is -0.506. The summed E-state index contributed by atoms with van der Waals surface area (Å²) in [6.07, 6.45) is 1.14. The van der Waals surface area contributed by atoms with E-state index < -0.39 is 11.7 Å². The third-order valence-electron chi connectivity index (χ3n) is 2.24. The zero-order chi connectivity index (χ0) is 13.2. The maximum absolute atomic E-state index is 11.6. The molecular weight excluding hydrogens is 228 g/mol. The fraction of sp³-hybridized carbons (Fsp3) is 0.286. The van der Waals surface area contributed by atoms with Crippen LogP contribution in [0.25, 0.3) is 10.9 Å². The molecule has 0 aliphatic carbocycles. The summed E-state index contributed by atoms with van der Waals surface area (Å²) in [5, 5.41) is 3.64. The Hall–Kier alpha value is -2.10. The van der Waals surface area contributed by atoms with Crippen molar-refractivity contribution in [2.45, 2.75) is 26.4 Å². The quantitative estimate of drug-likeness (QED) is 0.834. The summed E-state index contributed by atoms with van der Waals surface area (Å²) >= 11 is 0. The van der Waals surface area contributed by atoms with Gasteiger partial charge in [0.1, 0.15) is 5.60 Å². The van der Waals surface area contributed by atoms with Gasteiger partial charge in [-0.15, -0.1) is 0 Å². The highest BCUT2D eigenvalue weighted by Gasteiger charge is 2.16. The molecule has 0 spiro atoms. The molecule has 18 heavy (non-hydrogen) atoms. The fourth-order valence-electron chi connectivity index (χ4n) is 1.56. The van der Waals surface area contributed by atoms with E-state index in [2.05, 4.69) is 10.3 Å². The van der Waals surface area contributed by atoms with Gasteiger partial charge in [0.25, 0.3) is 0 Å². The van der Waals surface area contributed by atoms with Crippen LogP contribution in [0.3, 0.4) is 0 Å². The molecule has 0 bridgehead atoms. The summed E-state index contributed by atoms with van der Waals surface area (Å²) in [7, 11) is 0. The number of benzene rings is 1. The minimum absolute atomic E-state index is 0.473. The Morgan fingerprint density at radius 1 is 1.28 bits per heavy atom. The van der Waals surface area contributed by atoms with Crippen LogP contribution >= 0.6 is 0 Å². The standard InChI is InChI=1S/C14H16N2O2/c1-14(2,3)18-13(17)16-11-8-10-6-4-5-7-12(10)15-9-11/h4-9H,1-3H3,(H,16,17). The second-order valence-electron chi connectivity index (χ2n) is 5.04. The predicted molar refractivity (Wildman–Crippen MR) is 71.6 cm³/mol. The number of nitrogens with zero attached hydrogens (tertiary/aromatic N) is 1.